The van der Waals surface area contributed by atoms with Crippen molar-refractivity contribution >= 4 is 35.5 Å². The van der Waals surface area contributed by atoms with Crippen molar-refractivity contribution in [1.82, 2.24) is 10.2 Å². The van der Waals surface area contributed by atoms with Crippen LogP contribution in [0.4, 0.5) is 0 Å². The van der Waals surface area contributed by atoms with Gasteiger partial charge in [0.15, 0.2) is 0 Å². The predicted octanol–water partition coefficient (Wildman–Crippen LogP) is 1.33. The van der Waals surface area contributed by atoms with Crippen molar-refractivity contribution in [3.8, 4) is 0 Å². The summed E-state index contributed by atoms with van der Waals surface area (Å²) in [6, 6.07) is 8.02. The summed E-state index contributed by atoms with van der Waals surface area (Å²) in [6.07, 6.45) is 0. The Kier molecular flexibility index (Phi) is 3.15. The van der Waals surface area contributed by atoms with E-state index in [4.69, 9.17) is 11.6 Å². The minimum absolute atomic E-state index is 0.311. The van der Waals surface area contributed by atoms with Crippen molar-refractivity contribution in [3.63, 3.8) is 0 Å². The molecule has 78 valence electrons. The third-order valence-electron chi connectivity index (χ3n) is 2.09. The molecule has 1 aromatic heterocycles. The molecule has 0 aliphatic rings. The Morgan fingerprint density at radius 2 is 1.87 bits per heavy atom. The van der Waals surface area contributed by atoms with Crippen LogP contribution >= 0.6 is 11.6 Å². The molecule has 0 saturated carbocycles. The van der Waals surface area contributed by atoms with Gasteiger partial charge in [0.25, 0.3) is 0 Å². The normalized spacial score (nSPS) is 10.6. The molecular weight excluding hydrogens is 275 g/mol. The average molecular weight is 286 g/mol. The molecule has 0 fully saturated rings. The molecule has 2 aromatic rings. The quantitative estimate of drug-likeness (QED) is 0.829. The number of hydrogen-bond donors (Lipinski definition) is 1. The van der Waals surface area contributed by atoms with Crippen LogP contribution in [0.1, 0.15) is 11.4 Å². The van der Waals surface area contributed by atoms with Gasteiger partial charge in [0.2, 0.25) is 0 Å². The van der Waals surface area contributed by atoms with Gasteiger partial charge in [0, 0.05) is 0 Å². The molecular formula is C11H11ClN2Se. The monoisotopic (exact) mass is 286 g/mol. The number of halogens is 1. The second kappa shape index (κ2) is 4.40. The van der Waals surface area contributed by atoms with E-state index in [-0.39, 0.29) is 0 Å². The molecule has 0 atom stereocenters. The molecule has 1 aromatic carbocycles. The van der Waals surface area contributed by atoms with E-state index in [1.807, 2.05) is 19.1 Å². The average Bonchev–Trinajstić information content (AvgIpc) is 2.53. The summed E-state index contributed by atoms with van der Waals surface area (Å²) in [4.78, 5) is 0. The van der Waals surface area contributed by atoms with Gasteiger partial charge in [-0.05, 0) is 0 Å². The van der Waals surface area contributed by atoms with Crippen LogP contribution in [0.3, 0.4) is 0 Å². The molecule has 15 heavy (non-hydrogen) atoms. The van der Waals surface area contributed by atoms with Gasteiger partial charge in [0.05, 0.1) is 0 Å². The predicted molar refractivity (Wildman–Crippen MR) is 64.5 cm³/mol. The number of aryl methyl sites for hydroxylation is 2. The van der Waals surface area contributed by atoms with E-state index in [9.17, 15) is 0 Å². The van der Waals surface area contributed by atoms with Crippen LogP contribution < -0.4 is 8.92 Å². The fourth-order valence-corrected chi connectivity index (χ4v) is 3.33. The molecule has 0 amide bonds. The van der Waals surface area contributed by atoms with Crippen molar-refractivity contribution in [1.29, 1.82) is 0 Å². The van der Waals surface area contributed by atoms with Gasteiger partial charge in [-0.2, -0.15) is 0 Å². The Balaban J connectivity index is 2.25. The molecule has 4 heteroatoms. The second-order valence-corrected chi connectivity index (χ2v) is 6.03. The summed E-state index contributed by atoms with van der Waals surface area (Å²) in [5.41, 5.74) is 2.27. The van der Waals surface area contributed by atoms with Gasteiger partial charge in [-0.1, -0.05) is 0 Å². The summed E-state index contributed by atoms with van der Waals surface area (Å²) >= 11 is 6.16. The fourth-order valence-electron chi connectivity index (χ4n) is 1.31. The zero-order valence-corrected chi connectivity index (χ0v) is 11.0. The summed E-state index contributed by atoms with van der Waals surface area (Å²) < 4.78 is 2.66. The number of nitrogens with one attached hydrogen (secondary N) is 1. The molecule has 2 nitrogen and oxygen atoms in total. The van der Waals surface area contributed by atoms with Gasteiger partial charge in [-0.3, -0.25) is 0 Å². The molecule has 0 unspecified atom stereocenters. The summed E-state index contributed by atoms with van der Waals surface area (Å²) in [6.45, 7) is 4.10. The first-order valence-corrected chi connectivity index (χ1v) is 6.71. The van der Waals surface area contributed by atoms with Crippen LogP contribution in [0.25, 0.3) is 0 Å². The number of hydrogen-bond acceptors (Lipinski definition) is 1. The summed E-state index contributed by atoms with van der Waals surface area (Å²) in [5, 5.41) is 7.99. The zero-order valence-electron chi connectivity index (χ0n) is 8.54. The number of nitrogens with zero attached hydrogens (tertiary/aromatic N) is 1. The molecule has 0 saturated heterocycles. The third kappa shape index (κ3) is 2.43. The van der Waals surface area contributed by atoms with Crippen molar-refractivity contribution in [2.24, 2.45) is 0 Å². The molecule has 1 heterocycles. The summed E-state index contributed by atoms with van der Waals surface area (Å²) in [5.74, 6) is 0. The SMILES string of the molecule is Cc1n[nH]c(C)c1[Se]c1ccc(Cl)cc1. The molecule has 0 aliphatic carbocycles. The molecule has 1 N–H and O–H groups in total. The number of aromatic amines is 1. The minimum atomic E-state index is 0.311. The molecule has 2 rings (SSSR count). The van der Waals surface area contributed by atoms with Crippen molar-refractivity contribution < 1.29 is 0 Å². The molecule has 0 spiro atoms. The zero-order chi connectivity index (χ0) is 10.8. The Hall–Kier alpha value is -0.761. The van der Waals surface area contributed by atoms with Crippen LogP contribution in [-0.4, -0.2) is 25.2 Å². The summed E-state index contributed by atoms with van der Waals surface area (Å²) in [7, 11) is 0. The fraction of sp³-hybridized carbons (Fsp3) is 0.182. The maximum absolute atomic E-state index is 5.84. The topological polar surface area (TPSA) is 28.7 Å². The maximum atomic E-state index is 5.84. The van der Waals surface area contributed by atoms with Crippen LogP contribution in [0.15, 0.2) is 24.3 Å². The standard InChI is InChI=1S/C11H11ClN2Se/c1-7-11(8(2)14-13-7)15-10-5-3-9(12)4-6-10/h3-6H,1-2H3,(H,13,14). The Bertz CT molecular complexity index is 442. The number of benzene rings is 1. The number of H-pyrrole nitrogens is 1. The molecule has 0 aliphatic heterocycles. The van der Waals surface area contributed by atoms with Gasteiger partial charge in [-0.15, -0.1) is 0 Å². The Morgan fingerprint density at radius 1 is 1.20 bits per heavy atom. The van der Waals surface area contributed by atoms with Gasteiger partial charge in [-0.25, -0.2) is 0 Å². The Labute approximate surface area is 100 Å². The van der Waals surface area contributed by atoms with Crippen molar-refractivity contribution in [2.75, 3.05) is 0 Å². The van der Waals surface area contributed by atoms with Crippen LogP contribution in [0, 0.1) is 13.8 Å². The number of rotatable bonds is 2. The van der Waals surface area contributed by atoms with E-state index in [1.165, 1.54) is 14.6 Å². The Morgan fingerprint density at radius 3 is 2.40 bits per heavy atom. The molecule has 0 bridgehead atoms. The van der Waals surface area contributed by atoms with Gasteiger partial charge in [0.1, 0.15) is 0 Å². The second-order valence-electron chi connectivity index (χ2n) is 3.32. The third-order valence-corrected chi connectivity index (χ3v) is 5.10. The van der Waals surface area contributed by atoms with Gasteiger partial charge < -0.3 is 0 Å². The van der Waals surface area contributed by atoms with E-state index in [1.54, 1.807) is 0 Å². The van der Waals surface area contributed by atoms with Crippen LogP contribution in [0.2, 0.25) is 5.02 Å². The van der Waals surface area contributed by atoms with E-state index < -0.39 is 0 Å². The number of aromatic nitrogens is 2. The van der Waals surface area contributed by atoms with E-state index in [0.29, 0.717) is 15.0 Å². The van der Waals surface area contributed by atoms with Crippen molar-refractivity contribution in [3.05, 3.63) is 40.7 Å². The molecule has 0 radical (unpaired) electrons. The first kappa shape index (κ1) is 10.7. The van der Waals surface area contributed by atoms with E-state index >= 15 is 0 Å². The van der Waals surface area contributed by atoms with Gasteiger partial charge >= 0.3 is 100 Å². The first-order chi connectivity index (χ1) is 7.16. The van der Waals surface area contributed by atoms with E-state index in [0.717, 1.165) is 10.7 Å². The van der Waals surface area contributed by atoms with Crippen LogP contribution in [0.5, 0.6) is 0 Å². The van der Waals surface area contributed by atoms with E-state index in [2.05, 4.69) is 29.3 Å². The van der Waals surface area contributed by atoms with Crippen molar-refractivity contribution in [2.45, 2.75) is 13.8 Å². The first-order valence-electron chi connectivity index (χ1n) is 4.62. The van der Waals surface area contributed by atoms with Crippen LogP contribution in [-0.2, 0) is 0 Å².